The molecular formula is C8H8ClNO. The van der Waals surface area contributed by atoms with Gasteiger partial charge in [-0.2, -0.15) is 0 Å². The SMILES string of the molecule is Cl.Nc1cccc2ccoc12. The van der Waals surface area contributed by atoms with Gasteiger partial charge in [0.1, 0.15) is 0 Å². The van der Waals surface area contributed by atoms with E-state index in [0.29, 0.717) is 5.69 Å². The van der Waals surface area contributed by atoms with Gasteiger partial charge in [-0.05, 0) is 12.1 Å². The second-order valence-corrected chi connectivity index (χ2v) is 2.19. The van der Waals surface area contributed by atoms with Crippen LogP contribution in [0.2, 0.25) is 0 Å². The third-order valence-electron chi connectivity index (χ3n) is 1.51. The number of nitrogens with two attached hydrogens (primary N) is 1. The predicted octanol–water partition coefficient (Wildman–Crippen LogP) is 2.44. The van der Waals surface area contributed by atoms with E-state index in [1.54, 1.807) is 6.26 Å². The molecule has 0 radical (unpaired) electrons. The zero-order valence-electron chi connectivity index (χ0n) is 5.78. The topological polar surface area (TPSA) is 39.2 Å². The molecule has 0 aliphatic heterocycles. The van der Waals surface area contributed by atoms with Crippen molar-refractivity contribution in [2.45, 2.75) is 0 Å². The summed E-state index contributed by atoms with van der Waals surface area (Å²) in [4.78, 5) is 0. The number of halogens is 1. The molecule has 0 fully saturated rings. The summed E-state index contributed by atoms with van der Waals surface area (Å²) in [5, 5.41) is 1.06. The molecule has 3 heteroatoms. The Morgan fingerprint density at radius 3 is 2.73 bits per heavy atom. The van der Waals surface area contributed by atoms with Crippen LogP contribution in [0.1, 0.15) is 0 Å². The first-order valence-electron chi connectivity index (χ1n) is 3.09. The van der Waals surface area contributed by atoms with E-state index in [4.69, 9.17) is 10.2 Å². The molecule has 0 saturated heterocycles. The summed E-state index contributed by atoms with van der Waals surface area (Å²) < 4.78 is 5.12. The number of furan rings is 1. The summed E-state index contributed by atoms with van der Waals surface area (Å²) >= 11 is 0. The highest BCUT2D eigenvalue weighted by Gasteiger charge is 1.97. The maximum Gasteiger partial charge on any atom is 0.156 e. The van der Waals surface area contributed by atoms with Crippen molar-refractivity contribution >= 4 is 29.1 Å². The van der Waals surface area contributed by atoms with Crippen molar-refractivity contribution in [1.82, 2.24) is 0 Å². The third-order valence-corrected chi connectivity index (χ3v) is 1.51. The molecule has 2 nitrogen and oxygen atoms in total. The molecule has 1 heterocycles. The largest absolute Gasteiger partial charge is 0.462 e. The second kappa shape index (κ2) is 2.84. The van der Waals surface area contributed by atoms with Crippen molar-refractivity contribution < 1.29 is 4.42 Å². The van der Waals surface area contributed by atoms with Crippen LogP contribution in [-0.4, -0.2) is 0 Å². The molecule has 1 aromatic carbocycles. The molecule has 2 rings (SSSR count). The van der Waals surface area contributed by atoms with E-state index < -0.39 is 0 Å². The van der Waals surface area contributed by atoms with E-state index in [0.717, 1.165) is 11.0 Å². The first-order valence-corrected chi connectivity index (χ1v) is 3.09. The Labute approximate surface area is 70.4 Å². The lowest BCUT2D eigenvalue weighted by atomic mass is 10.2. The average Bonchev–Trinajstić information content (AvgIpc) is 2.36. The quantitative estimate of drug-likeness (QED) is 0.616. The zero-order valence-corrected chi connectivity index (χ0v) is 6.60. The Hall–Kier alpha value is -1.15. The van der Waals surface area contributed by atoms with E-state index in [1.165, 1.54) is 0 Å². The predicted molar refractivity (Wildman–Crippen MR) is 47.9 cm³/mol. The van der Waals surface area contributed by atoms with Gasteiger partial charge in [-0.1, -0.05) is 12.1 Å². The monoisotopic (exact) mass is 169 g/mol. The zero-order chi connectivity index (χ0) is 6.97. The molecule has 0 spiro atoms. The Morgan fingerprint density at radius 2 is 2.00 bits per heavy atom. The number of hydrogen-bond acceptors (Lipinski definition) is 2. The molecule has 0 amide bonds. The fourth-order valence-electron chi connectivity index (χ4n) is 1.02. The standard InChI is InChI=1S/C8H7NO.ClH/c9-7-3-1-2-6-4-5-10-8(6)7;/h1-5H,9H2;1H. The number of para-hydroxylation sites is 1. The van der Waals surface area contributed by atoms with Crippen LogP contribution in [0.15, 0.2) is 34.9 Å². The lowest BCUT2D eigenvalue weighted by Gasteiger charge is -1.90. The molecule has 2 N–H and O–H groups in total. The van der Waals surface area contributed by atoms with Crippen LogP contribution in [0.5, 0.6) is 0 Å². The van der Waals surface area contributed by atoms with Crippen LogP contribution < -0.4 is 5.73 Å². The molecule has 0 bridgehead atoms. The van der Waals surface area contributed by atoms with Gasteiger partial charge in [0.15, 0.2) is 5.58 Å². The van der Waals surface area contributed by atoms with Crippen molar-refractivity contribution in [3.05, 3.63) is 30.5 Å². The van der Waals surface area contributed by atoms with Gasteiger partial charge in [-0.3, -0.25) is 0 Å². The molecule has 1 aromatic heterocycles. The molecule has 0 unspecified atom stereocenters. The molecular weight excluding hydrogens is 162 g/mol. The van der Waals surface area contributed by atoms with Crippen LogP contribution in [0.4, 0.5) is 5.69 Å². The number of nitrogen functional groups attached to an aromatic ring is 1. The Morgan fingerprint density at radius 1 is 1.18 bits per heavy atom. The van der Waals surface area contributed by atoms with Crippen molar-refractivity contribution in [3.63, 3.8) is 0 Å². The number of rotatable bonds is 0. The number of benzene rings is 1. The Balaban J connectivity index is 0.000000605. The molecule has 0 saturated carbocycles. The summed E-state index contributed by atoms with van der Waals surface area (Å²) in [6.45, 7) is 0. The summed E-state index contributed by atoms with van der Waals surface area (Å²) in [7, 11) is 0. The van der Waals surface area contributed by atoms with Crippen molar-refractivity contribution in [3.8, 4) is 0 Å². The number of fused-ring (bicyclic) bond motifs is 1. The van der Waals surface area contributed by atoms with Gasteiger partial charge >= 0.3 is 0 Å². The van der Waals surface area contributed by atoms with Crippen LogP contribution in [0.3, 0.4) is 0 Å². The summed E-state index contributed by atoms with van der Waals surface area (Å²) in [6.07, 6.45) is 1.64. The van der Waals surface area contributed by atoms with Crippen molar-refractivity contribution in [1.29, 1.82) is 0 Å². The normalized spacial score (nSPS) is 9.45. The van der Waals surface area contributed by atoms with Crippen LogP contribution in [0, 0.1) is 0 Å². The molecule has 2 aromatic rings. The Bertz CT molecular complexity index is 356. The lowest BCUT2D eigenvalue weighted by molar-refractivity contribution is 0.617. The average molecular weight is 170 g/mol. The molecule has 0 aliphatic rings. The first kappa shape index (κ1) is 7.95. The van der Waals surface area contributed by atoms with Crippen LogP contribution >= 0.6 is 12.4 Å². The minimum Gasteiger partial charge on any atom is -0.462 e. The smallest absolute Gasteiger partial charge is 0.156 e. The minimum atomic E-state index is 0. The second-order valence-electron chi connectivity index (χ2n) is 2.19. The van der Waals surface area contributed by atoms with E-state index in [2.05, 4.69) is 0 Å². The van der Waals surface area contributed by atoms with Crippen LogP contribution in [-0.2, 0) is 0 Å². The van der Waals surface area contributed by atoms with Gasteiger partial charge < -0.3 is 10.2 Å². The van der Waals surface area contributed by atoms with Gasteiger partial charge in [-0.15, -0.1) is 12.4 Å². The molecule has 0 atom stereocenters. The minimum absolute atomic E-state index is 0. The van der Waals surface area contributed by atoms with E-state index >= 15 is 0 Å². The number of hydrogen-bond donors (Lipinski definition) is 1. The van der Waals surface area contributed by atoms with Gasteiger partial charge in [0.05, 0.1) is 12.0 Å². The van der Waals surface area contributed by atoms with Crippen molar-refractivity contribution in [2.24, 2.45) is 0 Å². The van der Waals surface area contributed by atoms with Gasteiger partial charge in [0, 0.05) is 5.39 Å². The van der Waals surface area contributed by atoms with Gasteiger partial charge in [0.25, 0.3) is 0 Å². The van der Waals surface area contributed by atoms with Crippen LogP contribution in [0.25, 0.3) is 11.0 Å². The highest BCUT2D eigenvalue weighted by atomic mass is 35.5. The summed E-state index contributed by atoms with van der Waals surface area (Å²) in [6, 6.07) is 7.60. The highest BCUT2D eigenvalue weighted by molar-refractivity contribution is 5.87. The maximum atomic E-state index is 5.61. The van der Waals surface area contributed by atoms with Gasteiger partial charge in [-0.25, -0.2) is 0 Å². The lowest BCUT2D eigenvalue weighted by Crippen LogP contribution is -1.82. The summed E-state index contributed by atoms with van der Waals surface area (Å²) in [5.74, 6) is 0. The molecule has 58 valence electrons. The van der Waals surface area contributed by atoms with E-state index in [-0.39, 0.29) is 12.4 Å². The Kier molecular flexibility index (Phi) is 2.06. The first-order chi connectivity index (χ1) is 4.88. The summed E-state index contributed by atoms with van der Waals surface area (Å²) in [5.41, 5.74) is 7.08. The molecule has 0 aliphatic carbocycles. The van der Waals surface area contributed by atoms with E-state index in [1.807, 2.05) is 24.3 Å². The maximum absolute atomic E-state index is 5.61. The van der Waals surface area contributed by atoms with Crippen molar-refractivity contribution in [2.75, 3.05) is 5.73 Å². The fraction of sp³-hybridized carbons (Fsp3) is 0. The third kappa shape index (κ3) is 1.17. The van der Waals surface area contributed by atoms with E-state index in [9.17, 15) is 0 Å². The number of anilines is 1. The fourth-order valence-corrected chi connectivity index (χ4v) is 1.02. The van der Waals surface area contributed by atoms with Gasteiger partial charge in [0.2, 0.25) is 0 Å². The molecule has 11 heavy (non-hydrogen) atoms. The highest BCUT2D eigenvalue weighted by Crippen LogP contribution is 2.20.